The first-order valence-corrected chi connectivity index (χ1v) is 18.6. The van der Waals surface area contributed by atoms with E-state index in [1.54, 1.807) is 0 Å². The number of hydrogen-bond donors (Lipinski definition) is 5. The highest BCUT2D eigenvalue weighted by molar-refractivity contribution is 5.80. The van der Waals surface area contributed by atoms with E-state index in [0.29, 0.717) is 12.8 Å². The smallest absolute Gasteiger partial charge is 0.249 e. The number of aliphatic hydroxyl groups excluding tert-OH is 4. The summed E-state index contributed by atoms with van der Waals surface area (Å²) in [6, 6.07) is -0.994. The van der Waals surface area contributed by atoms with Gasteiger partial charge in [0.05, 0.1) is 18.8 Å². The summed E-state index contributed by atoms with van der Waals surface area (Å²) >= 11 is 0. The monoisotopic (exact) mass is 612 g/mol. The van der Waals surface area contributed by atoms with Gasteiger partial charge in [-0.25, -0.2) is 0 Å². The van der Waals surface area contributed by atoms with E-state index >= 15 is 0 Å². The van der Waals surface area contributed by atoms with Gasteiger partial charge in [0.2, 0.25) is 5.91 Å². The summed E-state index contributed by atoms with van der Waals surface area (Å²) in [7, 11) is 0. The average Bonchev–Trinajstić information content (AvgIpc) is 3.01. The lowest BCUT2D eigenvalue weighted by atomic mass is 10.00. The predicted molar refractivity (Wildman–Crippen MR) is 182 cm³/mol. The van der Waals surface area contributed by atoms with Crippen LogP contribution in [0.25, 0.3) is 0 Å². The van der Waals surface area contributed by atoms with E-state index in [4.69, 9.17) is 0 Å². The molecule has 0 spiro atoms. The Bertz CT molecular complexity index is 614. The van der Waals surface area contributed by atoms with Gasteiger partial charge in [-0.3, -0.25) is 4.79 Å². The number of carbonyl (C=O) groups is 1. The molecule has 0 bridgehead atoms. The first-order chi connectivity index (χ1) is 21.0. The van der Waals surface area contributed by atoms with Crippen LogP contribution >= 0.6 is 0 Å². The number of aliphatic hydroxyl groups is 4. The predicted octanol–water partition coefficient (Wildman–Crippen LogP) is 8.67. The Balaban J connectivity index is 3.85. The summed E-state index contributed by atoms with van der Waals surface area (Å²) < 4.78 is 0. The van der Waals surface area contributed by atoms with Crippen molar-refractivity contribution in [2.45, 2.75) is 212 Å². The molecule has 0 radical (unpaired) electrons. The number of amides is 1. The van der Waals surface area contributed by atoms with Gasteiger partial charge >= 0.3 is 0 Å². The fraction of sp³-hybridized carbons (Fsp3) is 0.919. The molecule has 0 aromatic carbocycles. The molecule has 0 aromatic heterocycles. The molecule has 0 aliphatic rings. The first kappa shape index (κ1) is 42.0. The van der Waals surface area contributed by atoms with Crippen molar-refractivity contribution in [1.29, 1.82) is 0 Å². The second-order valence-corrected chi connectivity index (χ2v) is 12.9. The van der Waals surface area contributed by atoms with Crippen molar-refractivity contribution < 1.29 is 25.2 Å². The third kappa shape index (κ3) is 27.1. The number of nitrogens with one attached hydrogen (secondary N) is 1. The van der Waals surface area contributed by atoms with E-state index < -0.39 is 36.9 Å². The highest BCUT2D eigenvalue weighted by Gasteiger charge is 2.28. The van der Waals surface area contributed by atoms with E-state index in [1.165, 1.54) is 122 Å². The number of allylic oxidation sites excluding steroid dienone is 2. The molecule has 0 aliphatic heterocycles. The molecular formula is C37H73NO5. The maximum absolute atomic E-state index is 12.4. The summed E-state index contributed by atoms with van der Waals surface area (Å²) in [5, 5.41) is 43.4. The zero-order valence-electron chi connectivity index (χ0n) is 28.5. The Kier molecular flexibility index (Phi) is 31.7. The molecule has 4 unspecified atom stereocenters. The van der Waals surface area contributed by atoms with Crippen LogP contribution in [0.5, 0.6) is 0 Å². The SMILES string of the molecule is CCCCCCCCCCC/C=C/CCCC(O)C(O)C(CO)NC(=O)C(O)CCCCCCCCCCCCCCC. The number of rotatable bonds is 33. The van der Waals surface area contributed by atoms with Gasteiger partial charge in [0.15, 0.2) is 0 Å². The molecule has 0 aliphatic carbocycles. The molecule has 5 N–H and O–H groups in total. The van der Waals surface area contributed by atoms with Gasteiger partial charge in [0.1, 0.15) is 12.2 Å². The van der Waals surface area contributed by atoms with E-state index in [1.807, 2.05) is 0 Å². The number of unbranched alkanes of at least 4 members (excludes halogenated alkanes) is 22. The molecule has 6 nitrogen and oxygen atoms in total. The molecule has 1 amide bonds. The van der Waals surface area contributed by atoms with Gasteiger partial charge in [0.25, 0.3) is 0 Å². The van der Waals surface area contributed by atoms with Crippen LogP contribution in [0.4, 0.5) is 0 Å². The highest BCUT2D eigenvalue weighted by Crippen LogP contribution is 2.15. The van der Waals surface area contributed by atoms with Crippen LogP contribution in [0, 0.1) is 0 Å². The second kappa shape index (κ2) is 32.4. The van der Waals surface area contributed by atoms with Gasteiger partial charge < -0.3 is 25.7 Å². The van der Waals surface area contributed by atoms with Gasteiger partial charge in [-0.05, 0) is 38.5 Å². The normalized spacial score (nSPS) is 14.7. The minimum atomic E-state index is -1.27. The minimum absolute atomic E-state index is 0.367. The number of carbonyl (C=O) groups excluding carboxylic acids is 1. The van der Waals surface area contributed by atoms with Crippen molar-refractivity contribution in [2.24, 2.45) is 0 Å². The lowest BCUT2D eigenvalue weighted by Gasteiger charge is -2.27. The standard InChI is InChI=1S/C37H73NO5/c1-3-5-7-9-11-13-15-17-19-20-22-24-26-28-30-34(40)36(42)33(32-39)38-37(43)35(41)31-29-27-25-23-21-18-16-14-12-10-8-6-4-2/h22,24,33-36,39-42H,3-21,23,25-32H2,1-2H3,(H,38,43)/b24-22+. The van der Waals surface area contributed by atoms with Crippen LogP contribution in [0.1, 0.15) is 187 Å². The van der Waals surface area contributed by atoms with E-state index in [-0.39, 0.29) is 0 Å². The fourth-order valence-electron chi connectivity index (χ4n) is 5.70. The zero-order chi connectivity index (χ0) is 31.8. The Hall–Kier alpha value is -0.950. The van der Waals surface area contributed by atoms with Crippen LogP contribution in [-0.2, 0) is 4.79 Å². The van der Waals surface area contributed by atoms with Gasteiger partial charge in [0, 0.05) is 0 Å². The van der Waals surface area contributed by atoms with E-state index in [0.717, 1.165) is 38.5 Å². The van der Waals surface area contributed by atoms with Crippen molar-refractivity contribution >= 4 is 5.91 Å². The molecule has 4 atom stereocenters. The van der Waals surface area contributed by atoms with Crippen LogP contribution in [0.2, 0.25) is 0 Å². The lowest BCUT2D eigenvalue weighted by Crippen LogP contribution is -2.53. The maximum Gasteiger partial charge on any atom is 0.249 e. The maximum atomic E-state index is 12.4. The Morgan fingerprint density at radius 2 is 0.953 bits per heavy atom. The zero-order valence-corrected chi connectivity index (χ0v) is 28.5. The van der Waals surface area contributed by atoms with E-state index in [2.05, 4.69) is 31.3 Å². The van der Waals surface area contributed by atoms with E-state index in [9.17, 15) is 25.2 Å². The van der Waals surface area contributed by atoms with Crippen molar-refractivity contribution in [3.63, 3.8) is 0 Å². The largest absolute Gasteiger partial charge is 0.394 e. The molecule has 256 valence electrons. The third-order valence-electron chi connectivity index (χ3n) is 8.73. The molecular weight excluding hydrogens is 538 g/mol. The average molecular weight is 612 g/mol. The Morgan fingerprint density at radius 1 is 0.558 bits per heavy atom. The summed E-state index contributed by atoms with van der Waals surface area (Å²) in [5.41, 5.74) is 0. The van der Waals surface area contributed by atoms with Crippen molar-refractivity contribution in [2.75, 3.05) is 6.61 Å². The number of hydrogen-bond acceptors (Lipinski definition) is 5. The Labute approximate surface area is 266 Å². The molecule has 0 saturated carbocycles. The van der Waals surface area contributed by atoms with Crippen LogP contribution in [-0.4, -0.2) is 57.3 Å². The molecule has 0 rings (SSSR count). The van der Waals surface area contributed by atoms with Gasteiger partial charge in [-0.1, -0.05) is 161 Å². The molecule has 43 heavy (non-hydrogen) atoms. The van der Waals surface area contributed by atoms with Crippen molar-refractivity contribution in [3.8, 4) is 0 Å². The second-order valence-electron chi connectivity index (χ2n) is 12.9. The Morgan fingerprint density at radius 3 is 1.40 bits per heavy atom. The summed E-state index contributed by atoms with van der Waals surface area (Å²) in [6.07, 6.45) is 32.3. The van der Waals surface area contributed by atoms with Crippen molar-refractivity contribution in [3.05, 3.63) is 12.2 Å². The van der Waals surface area contributed by atoms with Gasteiger partial charge in [-0.2, -0.15) is 0 Å². The van der Waals surface area contributed by atoms with Crippen molar-refractivity contribution in [1.82, 2.24) is 5.32 Å². The lowest BCUT2D eigenvalue weighted by molar-refractivity contribution is -0.132. The topological polar surface area (TPSA) is 110 Å². The molecule has 0 aromatic rings. The summed E-state index contributed by atoms with van der Waals surface area (Å²) in [5.74, 6) is -0.594. The van der Waals surface area contributed by atoms with Crippen LogP contribution in [0.3, 0.4) is 0 Å². The van der Waals surface area contributed by atoms with Gasteiger partial charge in [-0.15, -0.1) is 0 Å². The summed E-state index contributed by atoms with van der Waals surface area (Å²) in [4.78, 5) is 12.4. The quantitative estimate of drug-likeness (QED) is 0.0377. The fourth-order valence-corrected chi connectivity index (χ4v) is 5.70. The minimum Gasteiger partial charge on any atom is -0.394 e. The molecule has 6 heteroatoms. The van der Waals surface area contributed by atoms with Crippen LogP contribution < -0.4 is 5.32 Å². The highest BCUT2D eigenvalue weighted by atomic mass is 16.3. The molecule has 0 heterocycles. The first-order valence-electron chi connectivity index (χ1n) is 18.6. The molecule has 0 fully saturated rings. The third-order valence-corrected chi connectivity index (χ3v) is 8.73. The molecule has 0 saturated heterocycles. The van der Waals surface area contributed by atoms with Crippen LogP contribution in [0.15, 0.2) is 12.2 Å². The summed E-state index contributed by atoms with van der Waals surface area (Å²) in [6.45, 7) is 4.01.